The highest BCUT2D eigenvalue weighted by molar-refractivity contribution is 6.00. The zero-order valence-electron chi connectivity index (χ0n) is 12.7. The van der Waals surface area contributed by atoms with Crippen LogP contribution in [0.1, 0.15) is 12.8 Å². The van der Waals surface area contributed by atoms with Crippen molar-refractivity contribution >= 4 is 22.3 Å². The number of fused-ring (bicyclic) bond motifs is 1. The van der Waals surface area contributed by atoms with Gasteiger partial charge < -0.3 is 15.1 Å². The number of nitrogens with zero attached hydrogens (tertiary/aromatic N) is 3. The van der Waals surface area contributed by atoms with Crippen LogP contribution in [0.15, 0.2) is 24.4 Å². The normalized spacial score (nSPS) is 19.1. The summed E-state index contributed by atoms with van der Waals surface area (Å²) in [5, 5.41) is 5.42. The van der Waals surface area contributed by atoms with E-state index in [0.717, 1.165) is 61.5 Å². The van der Waals surface area contributed by atoms with E-state index >= 15 is 0 Å². The van der Waals surface area contributed by atoms with Gasteiger partial charge in [0.25, 0.3) is 0 Å². The van der Waals surface area contributed by atoms with E-state index in [0.29, 0.717) is 0 Å². The molecule has 0 spiro atoms. The molecule has 3 heterocycles. The Kier molecular flexibility index (Phi) is 3.58. The molecule has 0 unspecified atom stereocenters. The summed E-state index contributed by atoms with van der Waals surface area (Å²) in [6.07, 6.45) is 4.36. The summed E-state index contributed by atoms with van der Waals surface area (Å²) in [6, 6.07) is 5.10. The first-order valence-electron chi connectivity index (χ1n) is 8.12. The van der Waals surface area contributed by atoms with Crippen molar-refractivity contribution < 1.29 is 4.39 Å². The molecule has 1 aromatic heterocycles. The summed E-state index contributed by atoms with van der Waals surface area (Å²) in [4.78, 5) is 9.33. The van der Waals surface area contributed by atoms with Crippen molar-refractivity contribution in [1.82, 2.24) is 10.3 Å². The van der Waals surface area contributed by atoms with Gasteiger partial charge in [-0.15, -0.1) is 0 Å². The zero-order chi connectivity index (χ0) is 14.9. The van der Waals surface area contributed by atoms with Gasteiger partial charge in [0.2, 0.25) is 0 Å². The number of halogens is 1. The van der Waals surface area contributed by atoms with Crippen molar-refractivity contribution in [3.05, 3.63) is 30.2 Å². The van der Waals surface area contributed by atoms with Crippen molar-refractivity contribution in [2.45, 2.75) is 12.8 Å². The van der Waals surface area contributed by atoms with Crippen LogP contribution in [-0.4, -0.2) is 44.3 Å². The molecule has 2 aliphatic rings. The van der Waals surface area contributed by atoms with Crippen molar-refractivity contribution in [2.75, 3.05) is 49.1 Å². The predicted octanol–water partition coefficient (Wildman–Crippen LogP) is 2.38. The Morgan fingerprint density at radius 1 is 0.955 bits per heavy atom. The Morgan fingerprint density at radius 2 is 1.73 bits per heavy atom. The topological polar surface area (TPSA) is 31.4 Å². The lowest BCUT2D eigenvalue weighted by Gasteiger charge is -2.31. The Bertz CT molecular complexity index is 676. The fourth-order valence-electron chi connectivity index (χ4n) is 3.52. The molecular weight excluding hydrogens is 279 g/mol. The average molecular weight is 300 g/mol. The van der Waals surface area contributed by atoms with Gasteiger partial charge in [-0.1, -0.05) is 0 Å². The third kappa shape index (κ3) is 2.39. The van der Waals surface area contributed by atoms with Crippen molar-refractivity contribution in [3.8, 4) is 0 Å². The van der Waals surface area contributed by atoms with Crippen molar-refractivity contribution in [1.29, 1.82) is 0 Å². The summed E-state index contributed by atoms with van der Waals surface area (Å²) < 4.78 is 13.8. The van der Waals surface area contributed by atoms with E-state index in [-0.39, 0.29) is 5.82 Å². The molecule has 116 valence electrons. The van der Waals surface area contributed by atoms with Gasteiger partial charge >= 0.3 is 0 Å². The SMILES string of the molecule is Fc1ccc2c(N3CCNCC3)cnc(N3CCCC3)c2c1. The fourth-order valence-corrected chi connectivity index (χ4v) is 3.52. The lowest BCUT2D eigenvalue weighted by Crippen LogP contribution is -2.43. The third-order valence-electron chi connectivity index (χ3n) is 4.67. The Labute approximate surface area is 129 Å². The van der Waals surface area contributed by atoms with Crippen LogP contribution in [0.2, 0.25) is 0 Å². The van der Waals surface area contributed by atoms with Crippen LogP contribution >= 0.6 is 0 Å². The first kappa shape index (κ1) is 13.8. The molecule has 0 atom stereocenters. The fraction of sp³-hybridized carbons (Fsp3) is 0.471. The van der Waals surface area contributed by atoms with E-state index in [4.69, 9.17) is 4.98 Å². The minimum Gasteiger partial charge on any atom is -0.367 e. The summed E-state index contributed by atoms with van der Waals surface area (Å²) in [6.45, 7) is 5.94. The molecule has 1 aromatic carbocycles. The van der Waals surface area contributed by atoms with Gasteiger partial charge in [0.1, 0.15) is 11.6 Å². The molecule has 2 aromatic rings. The zero-order valence-corrected chi connectivity index (χ0v) is 12.7. The molecule has 0 saturated carbocycles. The molecule has 2 saturated heterocycles. The number of anilines is 2. The molecule has 0 radical (unpaired) electrons. The molecule has 0 bridgehead atoms. The van der Waals surface area contributed by atoms with Gasteiger partial charge in [-0.25, -0.2) is 9.37 Å². The van der Waals surface area contributed by atoms with E-state index in [1.165, 1.54) is 12.8 Å². The molecule has 0 amide bonds. The van der Waals surface area contributed by atoms with Gasteiger partial charge in [-0.05, 0) is 31.0 Å². The Morgan fingerprint density at radius 3 is 2.50 bits per heavy atom. The maximum Gasteiger partial charge on any atom is 0.136 e. The Balaban J connectivity index is 1.83. The molecule has 5 heteroatoms. The van der Waals surface area contributed by atoms with Crippen LogP contribution < -0.4 is 15.1 Å². The summed E-state index contributed by atoms with van der Waals surface area (Å²) in [5.74, 6) is 0.748. The highest BCUT2D eigenvalue weighted by Crippen LogP contribution is 2.34. The lowest BCUT2D eigenvalue weighted by molar-refractivity contribution is 0.590. The lowest BCUT2D eigenvalue weighted by atomic mass is 10.1. The van der Waals surface area contributed by atoms with Gasteiger partial charge in [0.15, 0.2) is 0 Å². The smallest absolute Gasteiger partial charge is 0.136 e. The van der Waals surface area contributed by atoms with Crippen LogP contribution in [0, 0.1) is 5.82 Å². The number of rotatable bonds is 2. The van der Waals surface area contributed by atoms with Gasteiger partial charge in [0.05, 0.1) is 11.9 Å². The van der Waals surface area contributed by atoms with E-state index in [1.54, 1.807) is 12.1 Å². The van der Waals surface area contributed by atoms with E-state index in [2.05, 4.69) is 15.1 Å². The number of aromatic nitrogens is 1. The molecule has 2 aliphatic heterocycles. The highest BCUT2D eigenvalue weighted by Gasteiger charge is 2.20. The van der Waals surface area contributed by atoms with E-state index in [9.17, 15) is 4.39 Å². The quantitative estimate of drug-likeness (QED) is 0.923. The first-order valence-corrected chi connectivity index (χ1v) is 8.12. The second kappa shape index (κ2) is 5.72. The second-order valence-corrected chi connectivity index (χ2v) is 6.09. The monoisotopic (exact) mass is 300 g/mol. The molecule has 4 rings (SSSR count). The van der Waals surface area contributed by atoms with Crippen LogP contribution in [0.3, 0.4) is 0 Å². The van der Waals surface area contributed by atoms with Crippen LogP contribution in [0.4, 0.5) is 15.9 Å². The number of piperazine rings is 1. The summed E-state index contributed by atoms with van der Waals surface area (Å²) >= 11 is 0. The van der Waals surface area contributed by atoms with E-state index < -0.39 is 0 Å². The van der Waals surface area contributed by atoms with Gasteiger partial charge in [0, 0.05) is 50.0 Å². The molecule has 2 fully saturated rings. The number of pyridine rings is 1. The largest absolute Gasteiger partial charge is 0.367 e. The Hall–Kier alpha value is -1.88. The van der Waals surface area contributed by atoms with Crippen molar-refractivity contribution in [3.63, 3.8) is 0 Å². The molecule has 1 N–H and O–H groups in total. The number of benzene rings is 1. The van der Waals surface area contributed by atoms with Gasteiger partial charge in [-0.2, -0.15) is 0 Å². The predicted molar refractivity (Wildman–Crippen MR) is 88.2 cm³/mol. The number of hydrogen-bond donors (Lipinski definition) is 1. The standard InChI is InChI=1S/C17H21FN4/c18-13-3-4-14-15(11-13)17(22-7-1-2-8-22)20-12-16(14)21-9-5-19-6-10-21/h3-4,11-12,19H,1-2,5-10H2. The molecule has 0 aliphatic carbocycles. The van der Waals surface area contributed by atoms with Crippen LogP contribution in [0.5, 0.6) is 0 Å². The van der Waals surface area contributed by atoms with Crippen LogP contribution in [0.25, 0.3) is 10.8 Å². The van der Waals surface area contributed by atoms with Gasteiger partial charge in [-0.3, -0.25) is 0 Å². The first-order chi connectivity index (χ1) is 10.8. The molecular formula is C17H21FN4. The maximum atomic E-state index is 13.8. The minimum absolute atomic E-state index is 0.188. The number of hydrogen-bond acceptors (Lipinski definition) is 4. The average Bonchev–Trinajstić information content (AvgIpc) is 3.09. The third-order valence-corrected chi connectivity index (χ3v) is 4.67. The summed E-state index contributed by atoms with van der Waals surface area (Å²) in [7, 11) is 0. The summed E-state index contributed by atoms with van der Waals surface area (Å²) in [5.41, 5.74) is 1.12. The van der Waals surface area contributed by atoms with Crippen LogP contribution in [-0.2, 0) is 0 Å². The molecule has 4 nitrogen and oxygen atoms in total. The minimum atomic E-state index is -0.188. The second-order valence-electron chi connectivity index (χ2n) is 6.09. The maximum absolute atomic E-state index is 13.8. The van der Waals surface area contributed by atoms with E-state index in [1.807, 2.05) is 12.3 Å². The number of nitrogens with one attached hydrogen (secondary N) is 1. The van der Waals surface area contributed by atoms with Crippen molar-refractivity contribution in [2.24, 2.45) is 0 Å². The highest BCUT2D eigenvalue weighted by atomic mass is 19.1. The molecule has 22 heavy (non-hydrogen) atoms.